The zero-order valence-electron chi connectivity index (χ0n) is 11.7. The van der Waals surface area contributed by atoms with Crippen LogP contribution in [0.2, 0.25) is 0 Å². The zero-order chi connectivity index (χ0) is 14.6. The lowest BCUT2D eigenvalue weighted by Crippen LogP contribution is -2.27. The van der Waals surface area contributed by atoms with Crippen LogP contribution in [-0.4, -0.2) is 27.8 Å². The Morgan fingerprint density at radius 2 is 2.00 bits per heavy atom. The molecule has 1 aromatic heterocycles. The highest BCUT2D eigenvalue weighted by Crippen LogP contribution is 2.29. The summed E-state index contributed by atoms with van der Waals surface area (Å²) in [6.07, 6.45) is 1.96. The Morgan fingerprint density at radius 1 is 1.25 bits per heavy atom. The molecule has 110 valence electrons. The minimum atomic E-state index is -3.07. The van der Waals surface area contributed by atoms with Gasteiger partial charge in [-0.05, 0) is 37.4 Å². The second kappa shape index (κ2) is 6.67. The third kappa shape index (κ3) is 4.56. The Bertz CT molecular complexity index is 632. The summed E-state index contributed by atoms with van der Waals surface area (Å²) in [6, 6.07) is 10.9. The lowest BCUT2D eigenvalue weighted by molar-refractivity contribution is 0.553. The first-order valence-corrected chi connectivity index (χ1v) is 9.33. The molecule has 0 spiro atoms. The van der Waals surface area contributed by atoms with Crippen LogP contribution in [0.3, 0.4) is 0 Å². The summed E-state index contributed by atoms with van der Waals surface area (Å²) in [5.41, 5.74) is 0. The van der Waals surface area contributed by atoms with Crippen LogP contribution >= 0.6 is 11.3 Å². The lowest BCUT2D eigenvalue weighted by atomic mass is 10.2. The van der Waals surface area contributed by atoms with Gasteiger partial charge in [-0.2, -0.15) is 0 Å². The number of hydrogen-bond acceptors (Lipinski definition) is 4. The second-order valence-electron chi connectivity index (χ2n) is 4.88. The first-order valence-electron chi connectivity index (χ1n) is 6.62. The van der Waals surface area contributed by atoms with E-state index in [1.165, 1.54) is 21.2 Å². The van der Waals surface area contributed by atoms with Crippen LogP contribution in [0, 0.1) is 0 Å². The molecule has 6 heteroatoms. The van der Waals surface area contributed by atoms with E-state index in [1.54, 1.807) is 11.3 Å². The van der Waals surface area contributed by atoms with Crippen molar-refractivity contribution in [3.05, 3.63) is 35.2 Å². The van der Waals surface area contributed by atoms with E-state index >= 15 is 0 Å². The number of sulfonamides is 1. The SMILES string of the molecule is CC(NCCCNS(C)(=O)=O)c1cc2ccccc2s1. The van der Waals surface area contributed by atoms with Crippen LogP contribution in [0.15, 0.2) is 30.3 Å². The van der Waals surface area contributed by atoms with Gasteiger partial charge in [0.25, 0.3) is 0 Å². The van der Waals surface area contributed by atoms with Crippen LogP contribution < -0.4 is 10.0 Å². The number of benzene rings is 1. The largest absolute Gasteiger partial charge is 0.309 e. The van der Waals surface area contributed by atoms with Crippen LogP contribution in [0.25, 0.3) is 10.1 Å². The molecule has 0 aliphatic rings. The van der Waals surface area contributed by atoms with Crippen molar-refractivity contribution in [1.82, 2.24) is 10.0 Å². The van der Waals surface area contributed by atoms with Gasteiger partial charge in [0.1, 0.15) is 0 Å². The normalized spacial score (nSPS) is 13.7. The van der Waals surface area contributed by atoms with E-state index in [4.69, 9.17) is 0 Å². The Labute approximate surface area is 124 Å². The van der Waals surface area contributed by atoms with Gasteiger partial charge in [0.15, 0.2) is 0 Å². The zero-order valence-corrected chi connectivity index (χ0v) is 13.4. The molecule has 0 aliphatic heterocycles. The van der Waals surface area contributed by atoms with E-state index in [0.29, 0.717) is 6.54 Å². The van der Waals surface area contributed by atoms with E-state index in [9.17, 15) is 8.42 Å². The highest BCUT2D eigenvalue weighted by atomic mass is 32.2. The molecule has 1 unspecified atom stereocenters. The van der Waals surface area contributed by atoms with Crippen molar-refractivity contribution in [1.29, 1.82) is 0 Å². The molecule has 4 nitrogen and oxygen atoms in total. The highest BCUT2D eigenvalue weighted by molar-refractivity contribution is 7.88. The van der Waals surface area contributed by atoms with E-state index < -0.39 is 10.0 Å². The van der Waals surface area contributed by atoms with Gasteiger partial charge >= 0.3 is 0 Å². The molecule has 0 saturated carbocycles. The summed E-state index contributed by atoms with van der Waals surface area (Å²) in [6.45, 7) is 3.40. The number of thiophene rings is 1. The van der Waals surface area contributed by atoms with Gasteiger partial charge in [0, 0.05) is 22.2 Å². The fourth-order valence-corrected chi connectivity index (χ4v) is 3.59. The van der Waals surface area contributed by atoms with Crippen molar-refractivity contribution in [2.75, 3.05) is 19.3 Å². The third-order valence-electron chi connectivity index (χ3n) is 3.04. The van der Waals surface area contributed by atoms with Gasteiger partial charge in [-0.15, -0.1) is 11.3 Å². The van der Waals surface area contributed by atoms with E-state index in [1.807, 2.05) is 6.07 Å². The van der Waals surface area contributed by atoms with Gasteiger partial charge in [-0.25, -0.2) is 13.1 Å². The van der Waals surface area contributed by atoms with Crippen LogP contribution in [0.1, 0.15) is 24.3 Å². The third-order valence-corrected chi connectivity index (χ3v) is 5.07. The van der Waals surface area contributed by atoms with Crippen LogP contribution in [0.4, 0.5) is 0 Å². The fraction of sp³-hybridized carbons (Fsp3) is 0.429. The van der Waals surface area contributed by atoms with Gasteiger partial charge < -0.3 is 5.32 Å². The highest BCUT2D eigenvalue weighted by Gasteiger charge is 2.08. The molecular formula is C14H20N2O2S2. The Kier molecular flexibility index (Phi) is 5.15. The first-order chi connectivity index (χ1) is 9.46. The van der Waals surface area contributed by atoms with Crippen molar-refractivity contribution < 1.29 is 8.42 Å². The molecule has 2 N–H and O–H groups in total. The maximum absolute atomic E-state index is 10.9. The van der Waals surface area contributed by atoms with Crippen molar-refractivity contribution in [2.45, 2.75) is 19.4 Å². The smallest absolute Gasteiger partial charge is 0.208 e. The minimum Gasteiger partial charge on any atom is -0.309 e. The van der Waals surface area contributed by atoms with Gasteiger partial charge in [-0.3, -0.25) is 0 Å². The molecule has 2 rings (SSSR count). The Hall–Kier alpha value is -0.950. The Morgan fingerprint density at radius 3 is 2.70 bits per heavy atom. The maximum atomic E-state index is 10.9. The lowest BCUT2D eigenvalue weighted by Gasteiger charge is -2.11. The predicted octanol–water partition coefficient (Wildman–Crippen LogP) is 2.49. The molecule has 1 aromatic carbocycles. The quantitative estimate of drug-likeness (QED) is 0.772. The average Bonchev–Trinajstić information content (AvgIpc) is 2.80. The predicted molar refractivity (Wildman–Crippen MR) is 85.7 cm³/mol. The molecule has 0 fully saturated rings. The molecule has 20 heavy (non-hydrogen) atoms. The number of fused-ring (bicyclic) bond motifs is 1. The van der Waals surface area contributed by atoms with Crippen LogP contribution in [0.5, 0.6) is 0 Å². The monoisotopic (exact) mass is 312 g/mol. The molecule has 2 aromatic rings. The summed E-state index contributed by atoms with van der Waals surface area (Å²) < 4.78 is 25.6. The van der Waals surface area contributed by atoms with E-state index in [0.717, 1.165) is 13.0 Å². The standard InChI is InChI=1S/C14H20N2O2S2/c1-11(15-8-5-9-16-20(2,17)18)14-10-12-6-3-4-7-13(12)19-14/h3-4,6-7,10-11,15-16H,5,8-9H2,1-2H3. The van der Waals surface area contributed by atoms with Crippen molar-refractivity contribution in [3.8, 4) is 0 Å². The van der Waals surface area contributed by atoms with Crippen LogP contribution in [-0.2, 0) is 10.0 Å². The van der Waals surface area contributed by atoms with Crippen molar-refractivity contribution >= 4 is 31.4 Å². The summed E-state index contributed by atoms with van der Waals surface area (Å²) >= 11 is 1.80. The number of rotatable bonds is 7. The molecule has 0 amide bonds. The summed E-state index contributed by atoms with van der Waals surface area (Å²) in [5, 5.41) is 4.70. The van der Waals surface area contributed by atoms with Gasteiger partial charge in [0.05, 0.1) is 6.26 Å². The van der Waals surface area contributed by atoms with Gasteiger partial charge in [0.2, 0.25) is 10.0 Å². The van der Waals surface area contributed by atoms with E-state index in [2.05, 4.69) is 41.2 Å². The topological polar surface area (TPSA) is 58.2 Å². The van der Waals surface area contributed by atoms with Crippen molar-refractivity contribution in [3.63, 3.8) is 0 Å². The maximum Gasteiger partial charge on any atom is 0.208 e. The summed E-state index contributed by atoms with van der Waals surface area (Å²) in [7, 11) is -3.07. The number of hydrogen-bond donors (Lipinski definition) is 2. The molecule has 0 radical (unpaired) electrons. The second-order valence-corrected chi connectivity index (χ2v) is 7.83. The summed E-state index contributed by atoms with van der Waals surface area (Å²) in [4.78, 5) is 1.31. The molecule has 1 atom stereocenters. The molecule has 0 saturated heterocycles. The average molecular weight is 312 g/mol. The minimum absolute atomic E-state index is 0.283. The van der Waals surface area contributed by atoms with Crippen molar-refractivity contribution in [2.24, 2.45) is 0 Å². The van der Waals surface area contributed by atoms with E-state index in [-0.39, 0.29) is 6.04 Å². The fourth-order valence-electron chi connectivity index (χ4n) is 1.98. The molecule has 0 bridgehead atoms. The molecule has 1 heterocycles. The molecular weight excluding hydrogens is 292 g/mol. The molecule has 0 aliphatic carbocycles. The van der Waals surface area contributed by atoms with Gasteiger partial charge in [-0.1, -0.05) is 18.2 Å². The summed E-state index contributed by atoms with van der Waals surface area (Å²) in [5.74, 6) is 0. The number of nitrogens with one attached hydrogen (secondary N) is 2. The first kappa shape index (κ1) is 15.4. The Balaban J connectivity index is 1.81.